The average Bonchev–Trinajstić information content (AvgIpc) is 2.14. The molecule has 1 aromatic rings. The van der Waals surface area contributed by atoms with E-state index in [1.54, 1.807) is 0 Å². The Hall–Kier alpha value is -0.940. The molecule has 3 nitrogen and oxygen atoms in total. The molecule has 0 spiro atoms. The molecule has 16 heavy (non-hydrogen) atoms. The lowest BCUT2D eigenvalue weighted by Gasteiger charge is -2.35. The molecule has 88 valence electrons. The molecular formula is C10H11ClF2N2O. The van der Waals surface area contributed by atoms with Gasteiger partial charge in [-0.2, -0.15) is 0 Å². The van der Waals surface area contributed by atoms with Crippen LogP contribution in [0, 0.1) is 0 Å². The lowest BCUT2D eigenvalue weighted by Crippen LogP contribution is -2.51. The van der Waals surface area contributed by atoms with E-state index < -0.39 is 6.43 Å². The van der Waals surface area contributed by atoms with E-state index in [1.807, 2.05) is 7.05 Å². The molecular weight excluding hydrogens is 238 g/mol. The third-order valence-electron chi connectivity index (χ3n) is 2.36. The molecule has 0 amide bonds. The molecule has 0 aromatic carbocycles. The summed E-state index contributed by atoms with van der Waals surface area (Å²) in [7, 11) is 1.95. The topological polar surface area (TPSA) is 25.4 Å². The van der Waals surface area contributed by atoms with Gasteiger partial charge in [0.2, 0.25) is 5.88 Å². The Bertz CT molecular complexity index is 383. The van der Waals surface area contributed by atoms with Gasteiger partial charge in [0, 0.05) is 24.7 Å². The molecule has 0 unspecified atom stereocenters. The van der Waals surface area contributed by atoms with Crippen LogP contribution in [0.15, 0.2) is 12.1 Å². The highest BCUT2D eigenvalue weighted by Crippen LogP contribution is 2.26. The first-order chi connectivity index (χ1) is 7.54. The number of likely N-dealkylation sites (tertiary alicyclic amines) is 1. The predicted octanol–water partition coefficient (Wildman–Crippen LogP) is 2.37. The minimum absolute atomic E-state index is 0.0153. The Morgan fingerprint density at radius 3 is 2.75 bits per heavy atom. The average molecular weight is 249 g/mol. The summed E-state index contributed by atoms with van der Waals surface area (Å²) in [5.74, 6) is 0.168. The fraction of sp³-hybridized carbons (Fsp3) is 0.500. The summed E-state index contributed by atoms with van der Waals surface area (Å²) in [5, 5.41) is 0.0282. The summed E-state index contributed by atoms with van der Waals surface area (Å²) in [5.41, 5.74) is -0.164. The molecule has 0 radical (unpaired) electrons. The molecule has 1 aromatic heterocycles. The maximum atomic E-state index is 12.5. The van der Waals surface area contributed by atoms with Crippen molar-refractivity contribution in [1.29, 1.82) is 0 Å². The molecule has 0 saturated carbocycles. The van der Waals surface area contributed by atoms with Crippen LogP contribution >= 0.6 is 11.6 Å². The monoisotopic (exact) mass is 248 g/mol. The maximum Gasteiger partial charge on any atom is 0.264 e. The fourth-order valence-electron chi connectivity index (χ4n) is 1.57. The molecule has 2 heterocycles. The number of aromatic nitrogens is 1. The first-order valence-electron chi connectivity index (χ1n) is 4.85. The van der Waals surface area contributed by atoms with Crippen LogP contribution in [0.3, 0.4) is 0 Å². The van der Waals surface area contributed by atoms with Crippen LogP contribution in [0.25, 0.3) is 0 Å². The van der Waals surface area contributed by atoms with Crippen LogP contribution < -0.4 is 4.74 Å². The number of halogens is 3. The smallest absolute Gasteiger partial charge is 0.264 e. The molecule has 1 fully saturated rings. The lowest BCUT2D eigenvalue weighted by atomic mass is 10.2. The van der Waals surface area contributed by atoms with E-state index in [1.165, 1.54) is 6.07 Å². The van der Waals surface area contributed by atoms with Gasteiger partial charge in [-0.05, 0) is 13.1 Å². The molecule has 1 aliphatic heterocycles. The van der Waals surface area contributed by atoms with Gasteiger partial charge in [-0.3, -0.25) is 4.90 Å². The molecule has 1 aliphatic rings. The van der Waals surface area contributed by atoms with Gasteiger partial charge in [0.25, 0.3) is 6.43 Å². The van der Waals surface area contributed by atoms with Crippen molar-refractivity contribution in [2.45, 2.75) is 12.5 Å². The van der Waals surface area contributed by atoms with Crippen LogP contribution in [0.2, 0.25) is 5.15 Å². The highest BCUT2D eigenvalue weighted by molar-refractivity contribution is 6.29. The fourth-order valence-corrected chi connectivity index (χ4v) is 1.77. The van der Waals surface area contributed by atoms with E-state index in [0.29, 0.717) is 0 Å². The zero-order valence-corrected chi connectivity index (χ0v) is 9.42. The third-order valence-corrected chi connectivity index (χ3v) is 2.56. The van der Waals surface area contributed by atoms with Gasteiger partial charge >= 0.3 is 0 Å². The largest absolute Gasteiger partial charge is 0.472 e. The number of pyridine rings is 1. The Kier molecular flexibility index (Phi) is 3.25. The summed E-state index contributed by atoms with van der Waals surface area (Å²) in [4.78, 5) is 5.91. The van der Waals surface area contributed by atoms with Gasteiger partial charge in [-0.15, -0.1) is 0 Å². The molecule has 0 N–H and O–H groups in total. The van der Waals surface area contributed by atoms with Crippen molar-refractivity contribution in [3.63, 3.8) is 0 Å². The molecule has 6 heteroatoms. The standard InChI is InChI=1S/C10H11ClF2N2O/c1-15-4-7(5-15)16-9-3-6(10(12)13)2-8(11)14-9/h2-3,7,10H,4-5H2,1H3. The zero-order valence-electron chi connectivity index (χ0n) is 8.66. The van der Waals surface area contributed by atoms with Crippen molar-refractivity contribution in [3.05, 3.63) is 22.8 Å². The Morgan fingerprint density at radius 2 is 2.19 bits per heavy atom. The Labute approximate surface area is 97.0 Å². The summed E-state index contributed by atoms with van der Waals surface area (Å²) in [6.45, 7) is 1.55. The van der Waals surface area contributed by atoms with Gasteiger partial charge < -0.3 is 4.74 Å². The quantitative estimate of drug-likeness (QED) is 0.768. The van der Waals surface area contributed by atoms with E-state index in [2.05, 4.69) is 9.88 Å². The van der Waals surface area contributed by atoms with Crippen molar-refractivity contribution in [2.75, 3.05) is 20.1 Å². The minimum Gasteiger partial charge on any atom is -0.472 e. The van der Waals surface area contributed by atoms with E-state index >= 15 is 0 Å². The van der Waals surface area contributed by atoms with Crippen LogP contribution in [0.1, 0.15) is 12.0 Å². The molecule has 0 atom stereocenters. The number of likely N-dealkylation sites (N-methyl/N-ethyl adjacent to an activating group) is 1. The van der Waals surface area contributed by atoms with Gasteiger partial charge in [0.05, 0.1) is 0 Å². The van der Waals surface area contributed by atoms with Crippen LogP contribution in [0.4, 0.5) is 8.78 Å². The second-order valence-electron chi connectivity index (χ2n) is 3.82. The first kappa shape index (κ1) is 11.5. The summed E-state index contributed by atoms with van der Waals surface area (Å²) in [6, 6.07) is 2.38. The molecule has 2 rings (SSSR count). The lowest BCUT2D eigenvalue weighted by molar-refractivity contribution is 0.0352. The van der Waals surface area contributed by atoms with Crippen molar-refractivity contribution < 1.29 is 13.5 Å². The second-order valence-corrected chi connectivity index (χ2v) is 4.21. The summed E-state index contributed by atoms with van der Waals surface area (Å²) >= 11 is 5.63. The molecule has 1 saturated heterocycles. The van der Waals surface area contributed by atoms with Crippen LogP contribution in [-0.2, 0) is 0 Å². The van der Waals surface area contributed by atoms with Gasteiger partial charge in [-0.25, -0.2) is 13.8 Å². The third kappa shape index (κ3) is 2.59. The minimum atomic E-state index is -2.56. The molecule has 0 bridgehead atoms. The van der Waals surface area contributed by atoms with Crippen LogP contribution in [-0.4, -0.2) is 36.1 Å². The van der Waals surface area contributed by atoms with Crippen molar-refractivity contribution >= 4 is 11.6 Å². The normalized spacial score (nSPS) is 17.6. The second kappa shape index (κ2) is 4.51. The Balaban J connectivity index is 2.08. The van der Waals surface area contributed by atoms with Gasteiger partial charge in [0.15, 0.2) is 0 Å². The maximum absolute atomic E-state index is 12.5. The van der Waals surface area contributed by atoms with E-state index in [9.17, 15) is 8.78 Å². The Morgan fingerprint density at radius 1 is 1.50 bits per heavy atom. The number of rotatable bonds is 3. The number of nitrogens with zero attached hydrogens (tertiary/aromatic N) is 2. The van der Waals surface area contributed by atoms with Crippen LogP contribution in [0.5, 0.6) is 5.88 Å². The zero-order chi connectivity index (χ0) is 11.7. The van der Waals surface area contributed by atoms with Crippen molar-refractivity contribution in [1.82, 2.24) is 9.88 Å². The number of hydrogen-bond acceptors (Lipinski definition) is 3. The molecule has 0 aliphatic carbocycles. The van der Waals surface area contributed by atoms with Crippen molar-refractivity contribution in [3.8, 4) is 5.88 Å². The van der Waals surface area contributed by atoms with Gasteiger partial charge in [0.1, 0.15) is 11.3 Å². The van der Waals surface area contributed by atoms with E-state index in [4.69, 9.17) is 16.3 Å². The predicted molar refractivity (Wildman–Crippen MR) is 56.1 cm³/mol. The number of hydrogen-bond donors (Lipinski definition) is 0. The summed E-state index contributed by atoms with van der Waals surface area (Å²) < 4.78 is 30.4. The highest BCUT2D eigenvalue weighted by Gasteiger charge is 2.25. The number of ether oxygens (including phenoxy) is 1. The SMILES string of the molecule is CN1CC(Oc2cc(C(F)F)cc(Cl)n2)C1. The first-order valence-corrected chi connectivity index (χ1v) is 5.23. The highest BCUT2D eigenvalue weighted by atomic mass is 35.5. The summed E-state index contributed by atoms with van der Waals surface area (Å²) in [6.07, 6.45) is -2.55. The number of alkyl halides is 2. The van der Waals surface area contributed by atoms with E-state index in [-0.39, 0.29) is 22.7 Å². The van der Waals surface area contributed by atoms with E-state index in [0.717, 1.165) is 19.2 Å². The van der Waals surface area contributed by atoms with Crippen molar-refractivity contribution in [2.24, 2.45) is 0 Å². The van der Waals surface area contributed by atoms with Gasteiger partial charge in [-0.1, -0.05) is 11.6 Å².